The zero-order chi connectivity index (χ0) is 46.5. The second-order valence-electron chi connectivity index (χ2n) is 16.3. The van der Waals surface area contributed by atoms with Crippen LogP contribution >= 0.6 is 0 Å². The fourth-order valence-electron chi connectivity index (χ4n) is 6.24. The summed E-state index contributed by atoms with van der Waals surface area (Å²) < 4.78 is 31.3. The molecule has 0 aromatic carbocycles. The first-order valence-electron chi connectivity index (χ1n) is 23.7. The molecule has 15 nitrogen and oxygen atoms in total. The number of ether oxygens (including phenoxy) is 6. The Morgan fingerprint density at radius 3 is 1.41 bits per heavy atom. The smallest absolute Gasteiger partial charge is 0.355 e. The highest BCUT2D eigenvalue weighted by Gasteiger charge is 2.20. The third-order valence-electron chi connectivity index (χ3n) is 10.3. The van der Waals surface area contributed by atoms with Gasteiger partial charge in [-0.15, -0.1) is 0 Å². The summed E-state index contributed by atoms with van der Waals surface area (Å²) in [7, 11) is 1.45. The minimum Gasteiger partial charge on any atom is -0.492 e. The summed E-state index contributed by atoms with van der Waals surface area (Å²) in [6, 6.07) is 2.51. The summed E-state index contributed by atoms with van der Waals surface area (Å²) in [6.45, 7) is 10.6. The number of nitrogens with one attached hydrogen (secondary N) is 2. The molecule has 0 unspecified atom stereocenters. The van der Waals surface area contributed by atoms with E-state index in [-0.39, 0.29) is 38.0 Å². The van der Waals surface area contributed by atoms with Gasteiger partial charge in [0, 0.05) is 31.6 Å². The molecule has 2 aromatic heterocycles. The predicted octanol–water partition coefficient (Wildman–Crippen LogP) is 9.49. The summed E-state index contributed by atoms with van der Waals surface area (Å²) in [6.07, 6.45) is 28.7. The molecular weight excluding hydrogens is 809 g/mol. The summed E-state index contributed by atoms with van der Waals surface area (Å²) in [5.74, 6) is -1.48. The normalized spacial score (nSPS) is 11.3. The van der Waals surface area contributed by atoms with Crippen LogP contribution in [0.3, 0.4) is 0 Å². The number of hydrogen-bond donors (Lipinski definition) is 3. The van der Waals surface area contributed by atoms with E-state index < -0.39 is 42.4 Å². The van der Waals surface area contributed by atoms with Crippen molar-refractivity contribution >= 4 is 29.8 Å². The van der Waals surface area contributed by atoms with Crippen molar-refractivity contribution in [2.24, 2.45) is 11.7 Å². The largest absolute Gasteiger partial charge is 0.492 e. The lowest BCUT2D eigenvalue weighted by molar-refractivity contribution is -0.149. The molecule has 0 spiro atoms. The molecule has 0 saturated carbocycles. The quantitative estimate of drug-likeness (QED) is 0.0333. The third-order valence-corrected chi connectivity index (χ3v) is 10.3. The molecule has 2 heterocycles. The lowest BCUT2D eigenvalue weighted by Crippen LogP contribution is -2.37. The first-order valence-corrected chi connectivity index (χ1v) is 23.7. The Labute approximate surface area is 377 Å². The molecule has 0 aliphatic heterocycles. The Morgan fingerprint density at radius 1 is 0.571 bits per heavy atom. The lowest BCUT2D eigenvalue weighted by Gasteiger charge is -2.15. The fourth-order valence-corrected chi connectivity index (χ4v) is 6.24. The molecule has 0 saturated heterocycles. The van der Waals surface area contributed by atoms with Crippen molar-refractivity contribution in [3.63, 3.8) is 0 Å². The van der Waals surface area contributed by atoms with Gasteiger partial charge in [0.2, 0.25) is 0 Å². The van der Waals surface area contributed by atoms with E-state index in [4.69, 9.17) is 34.2 Å². The maximum Gasteiger partial charge on any atom is 0.355 e. The SMILES string of the molecule is CCCCCCCCCCCCOc1c[nH]c(C(=O)OCC(=O)N(C)CC(=O)OCC)c1.CCCCCCCCCCCCOc1c[nH]c(C(=O)OCCOC(=O)[C@@H](N)C(C)C)c1. The van der Waals surface area contributed by atoms with Crippen molar-refractivity contribution in [2.75, 3.05) is 53.2 Å². The van der Waals surface area contributed by atoms with Crippen LogP contribution in [0, 0.1) is 5.92 Å². The van der Waals surface area contributed by atoms with Gasteiger partial charge in [0.25, 0.3) is 5.91 Å². The number of likely N-dealkylation sites (N-methyl/N-ethyl adjacent to an activating group) is 1. The standard InChI is InChI=1S/C24H40N2O6.C24H42N2O5/c1-4-6-7-8-9-10-11-12-13-14-15-31-20-16-21(25-17-20)24(29)32-19-22(27)26(3)18-23(28)30-5-2;1-4-5-6-7-8-9-10-11-12-13-14-29-20-17-21(26-18-20)23(27)30-15-16-31-24(28)22(25)19(2)3/h16-17,25H,4-15,18-19H2,1-3H3;17-19,22,26H,4-16,25H2,1-3H3/t;22-/m.0/s1. The Bertz CT molecular complexity index is 1510. The Morgan fingerprint density at radius 2 is 0.984 bits per heavy atom. The van der Waals surface area contributed by atoms with E-state index in [2.05, 4.69) is 23.8 Å². The number of nitrogens with two attached hydrogens (primary N) is 1. The van der Waals surface area contributed by atoms with Crippen molar-refractivity contribution in [3.05, 3.63) is 35.9 Å². The fraction of sp³-hybridized carbons (Fsp3) is 0.729. The number of aromatic amines is 2. The van der Waals surface area contributed by atoms with Gasteiger partial charge in [-0.2, -0.15) is 0 Å². The van der Waals surface area contributed by atoms with Crippen molar-refractivity contribution < 1.29 is 52.4 Å². The van der Waals surface area contributed by atoms with E-state index in [9.17, 15) is 24.0 Å². The topological polar surface area (TPSA) is 202 Å². The monoisotopic (exact) mass is 891 g/mol. The van der Waals surface area contributed by atoms with Crippen molar-refractivity contribution in [1.82, 2.24) is 14.9 Å². The Kier molecular flexibility index (Phi) is 33.1. The summed E-state index contributed by atoms with van der Waals surface area (Å²) in [4.78, 5) is 65.9. The van der Waals surface area contributed by atoms with Gasteiger partial charge < -0.3 is 49.0 Å². The van der Waals surface area contributed by atoms with Crippen LogP contribution in [0.15, 0.2) is 24.5 Å². The minimum absolute atomic E-state index is 0.00675. The number of amides is 1. The number of H-pyrrole nitrogens is 2. The van der Waals surface area contributed by atoms with Crippen LogP contribution in [0.1, 0.15) is 184 Å². The summed E-state index contributed by atoms with van der Waals surface area (Å²) >= 11 is 0. The van der Waals surface area contributed by atoms with Crippen LogP contribution in [-0.4, -0.2) is 104 Å². The van der Waals surface area contributed by atoms with Gasteiger partial charge >= 0.3 is 23.9 Å². The van der Waals surface area contributed by atoms with E-state index in [1.807, 2.05) is 13.8 Å². The number of aromatic nitrogens is 2. The minimum atomic E-state index is -0.672. The molecule has 0 radical (unpaired) electrons. The van der Waals surface area contributed by atoms with Crippen molar-refractivity contribution in [2.45, 2.75) is 169 Å². The first kappa shape index (κ1) is 56.5. The van der Waals surface area contributed by atoms with Gasteiger partial charge in [0.05, 0.1) is 19.8 Å². The van der Waals surface area contributed by atoms with E-state index in [1.165, 1.54) is 110 Å². The molecule has 360 valence electrons. The molecule has 63 heavy (non-hydrogen) atoms. The van der Waals surface area contributed by atoms with Gasteiger partial charge in [-0.25, -0.2) is 9.59 Å². The number of rotatable bonds is 36. The zero-order valence-electron chi connectivity index (χ0n) is 39.6. The highest BCUT2D eigenvalue weighted by atomic mass is 16.6. The number of carbonyl (C=O) groups excluding carboxylic acids is 5. The first-order chi connectivity index (χ1) is 30.4. The Balaban J connectivity index is 0.000000630. The third kappa shape index (κ3) is 28.7. The van der Waals surface area contributed by atoms with Crippen LogP contribution < -0.4 is 15.2 Å². The highest BCUT2D eigenvalue weighted by molar-refractivity contribution is 5.90. The van der Waals surface area contributed by atoms with Crippen LogP contribution in [0.25, 0.3) is 0 Å². The molecule has 2 aromatic rings. The maximum absolute atomic E-state index is 12.1. The number of hydrogen-bond acceptors (Lipinski definition) is 12. The zero-order valence-corrected chi connectivity index (χ0v) is 39.6. The maximum atomic E-state index is 12.1. The summed E-state index contributed by atoms with van der Waals surface area (Å²) in [5.41, 5.74) is 6.22. The molecule has 1 atom stereocenters. The number of esters is 4. The van der Waals surface area contributed by atoms with Crippen LogP contribution in [0.2, 0.25) is 0 Å². The second kappa shape index (κ2) is 36.9. The number of carbonyl (C=O) groups is 5. The molecule has 0 aliphatic carbocycles. The average molecular weight is 891 g/mol. The molecule has 2 rings (SSSR count). The van der Waals surface area contributed by atoms with Crippen molar-refractivity contribution in [1.29, 1.82) is 0 Å². The molecule has 0 aliphatic rings. The second-order valence-corrected chi connectivity index (χ2v) is 16.3. The van der Waals surface area contributed by atoms with E-state index in [0.29, 0.717) is 30.4 Å². The molecule has 1 amide bonds. The average Bonchev–Trinajstić information content (AvgIpc) is 3.95. The van der Waals surface area contributed by atoms with Gasteiger partial charge in [-0.1, -0.05) is 143 Å². The highest BCUT2D eigenvalue weighted by Crippen LogP contribution is 2.17. The molecule has 0 fully saturated rings. The number of nitrogens with zero attached hydrogens (tertiary/aromatic N) is 1. The van der Waals surface area contributed by atoms with Gasteiger partial charge in [0.1, 0.15) is 48.7 Å². The number of unbranched alkanes of at least 4 members (excludes halogenated alkanes) is 18. The molecule has 0 bridgehead atoms. The Hall–Kier alpha value is -4.53. The summed E-state index contributed by atoms with van der Waals surface area (Å²) in [5, 5.41) is 0. The lowest BCUT2D eigenvalue weighted by atomic mass is 10.1. The molecular formula is C48H82N4O11. The molecule has 4 N–H and O–H groups in total. The van der Waals surface area contributed by atoms with E-state index in [0.717, 1.165) is 30.6 Å². The van der Waals surface area contributed by atoms with Crippen LogP contribution in [0.5, 0.6) is 11.5 Å². The van der Waals surface area contributed by atoms with Gasteiger partial charge in [0.15, 0.2) is 6.61 Å². The van der Waals surface area contributed by atoms with Gasteiger partial charge in [-0.05, 0) is 25.7 Å². The van der Waals surface area contributed by atoms with Crippen molar-refractivity contribution in [3.8, 4) is 11.5 Å². The van der Waals surface area contributed by atoms with Crippen LogP contribution in [-0.2, 0) is 33.3 Å². The van der Waals surface area contributed by atoms with Crippen LogP contribution in [0.4, 0.5) is 0 Å². The van der Waals surface area contributed by atoms with E-state index >= 15 is 0 Å². The molecule has 15 heteroatoms. The van der Waals surface area contributed by atoms with Gasteiger partial charge in [-0.3, -0.25) is 14.4 Å². The van der Waals surface area contributed by atoms with E-state index in [1.54, 1.807) is 31.5 Å². The predicted molar refractivity (Wildman–Crippen MR) is 245 cm³/mol.